The average molecular weight is 298 g/mol. The van der Waals surface area contributed by atoms with Crippen LogP contribution in [0.4, 0.5) is 0 Å². The molecule has 0 saturated heterocycles. The number of nitrogens with one attached hydrogen (secondary N) is 1. The molecule has 102 valence electrons. The van der Waals surface area contributed by atoms with E-state index in [1.54, 1.807) is 6.07 Å². The second kappa shape index (κ2) is 6.42. The molecule has 1 unspecified atom stereocenters. The number of benzene rings is 1. The van der Waals surface area contributed by atoms with Crippen LogP contribution in [0.5, 0.6) is 0 Å². The third kappa shape index (κ3) is 3.50. The Morgan fingerprint density at radius 2 is 2.11 bits per heavy atom. The Morgan fingerprint density at radius 3 is 2.68 bits per heavy atom. The number of likely N-dealkylation sites (N-methyl/N-ethyl adjacent to an activating group) is 1. The quantitative estimate of drug-likeness (QED) is 0.913. The van der Waals surface area contributed by atoms with Gasteiger partial charge in [-0.05, 0) is 36.7 Å². The Balaban J connectivity index is 2.24. The van der Waals surface area contributed by atoms with Gasteiger partial charge in [-0.3, -0.25) is 4.68 Å². The number of nitrogens with zero attached hydrogens (tertiary/aromatic N) is 2. The molecule has 0 aliphatic heterocycles. The van der Waals surface area contributed by atoms with Crippen LogP contribution in [0.15, 0.2) is 30.5 Å². The van der Waals surface area contributed by atoms with Crippen molar-refractivity contribution in [2.45, 2.75) is 19.4 Å². The molecule has 0 radical (unpaired) electrons. The number of hydrogen-bond acceptors (Lipinski definition) is 2. The summed E-state index contributed by atoms with van der Waals surface area (Å²) < 4.78 is 1.89. The van der Waals surface area contributed by atoms with Gasteiger partial charge in [0.25, 0.3) is 0 Å². The Kier molecular flexibility index (Phi) is 4.86. The molecule has 0 bridgehead atoms. The van der Waals surface area contributed by atoms with Crippen molar-refractivity contribution in [3.05, 3.63) is 51.8 Å². The fourth-order valence-corrected chi connectivity index (χ4v) is 2.65. The molecule has 1 aromatic carbocycles. The van der Waals surface area contributed by atoms with E-state index in [0.717, 1.165) is 24.2 Å². The zero-order valence-corrected chi connectivity index (χ0v) is 12.5. The molecule has 0 spiro atoms. The maximum absolute atomic E-state index is 6.24. The highest BCUT2D eigenvalue weighted by Crippen LogP contribution is 2.26. The maximum atomic E-state index is 6.24. The predicted molar refractivity (Wildman–Crippen MR) is 79.8 cm³/mol. The van der Waals surface area contributed by atoms with Gasteiger partial charge < -0.3 is 5.32 Å². The topological polar surface area (TPSA) is 29.9 Å². The Hall–Kier alpha value is -1.03. The van der Waals surface area contributed by atoms with Crippen molar-refractivity contribution in [3.8, 4) is 0 Å². The first kappa shape index (κ1) is 14.4. The standard InChI is InChI=1S/C14H17Cl2N3/c1-3-17-13(14-6-7-18-19(14)2)8-10-4-5-11(15)9-12(10)16/h4-7,9,13,17H,3,8H2,1-2H3. The number of aromatic nitrogens is 2. The molecule has 1 atom stereocenters. The van der Waals surface area contributed by atoms with Crippen LogP contribution < -0.4 is 5.32 Å². The van der Waals surface area contributed by atoms with E-state index in [4.69, 9.17) is 23.2 Å². The van der Waals surface area contributed by atoms with Crippen LogP contribution in [-0.4, -0.2) is 16.3 Å². The summed E-state index contributed by atoms with van der Waals surface area (Å²) in [7, 11) is 1.95. The van der Waals surface area contributed by atoms with Gasteiger partial charge in [0, 0.05) is 23.3 Å². The first-order valence-electron chi connectivity index (χ1n) is 6.27. The summed E-state index contributed by atoms with van der Waals surface area (Å²) in [4.78, 5) is 0. The van der Waals surface area contributed by atoms with Crippen molar-refractivity contribution in [2.75, 3.05) is 6.54 Å². The Bertz CT molecular complexity index is 551. The van der Waals surface area contributed by atoms with Gasteiger partial charge in [-0.2, -0.15) is 5.10 Å². The molecule has 0 fully saturated rings. The molecule has 0 aliphatic rings. The third-order valence-electron chi connectivity index (χ3n) is 3.11. The van der Waals surface area contributed by atoms with Crippen LogP contribution in [0.1, 0.15) is 24.2 Å². The summed E-state index contributed by atoms with van der Waals surface area (Å²) in [6.45, 7) is 2.98. The molecule has 0 saturated carbocycles. The van der Waals surface area contributed by atoms with Gasteiger partial charge in [-0.15, -0.1) is 0 Å². The maximum Gasteiger partial charge on any atom is 0.0553 e. The van der Waals surface area contributed by atoms with Crippen molar-refractivity contribution < 1.29 is 0 Å². The van der Waals surface area contributed by atoms with Gasteiger partial charge in [-0.25, -0.2) is 0 Å². The lowest BCUT2D eigenvalue weighted by atomic mass is 10.0. The molecule has 5 heteroatoms. The molecule has 19 heavy (non-hydrogen) atoms. The number of hydrogen-bond donors (Lipinski definition) is 1. The van der Waals surface area contributed by atoms with Gasteiger partial charge in [0.05, 0.1) is 11.7 Å². The Labute approximate surface area is 123 Å². The summed E-state index contributed by atoms with van der Waals surface area (Å²) in [5, 5.41) is 9.05. The van der Waals surface area contributed by atoms with Gasteiger partial charge >= 0.3 is 0 Å². The highest BCUT2D eigenvalue weighted by Gasteiger charge is 2.16. The summed E-state index contributed by atoms with van der Waals surface area (Å²) in [5.41, 5.74) is 2.23. The second-order valence-corrected chi connectivity index (χ2v) is 5.27. The fraction of sp³-hybridized carbons (Fsp3) is 0.357. The lowest BCUT2D eigenvalue weighted by Gasteiger charge is -2.19. The lowest BCUT2D eigenvalue weighted by molar-refractivity contribution is 0.508. The van der Waals surface area contributed by atoms with E-state index >= 15 is 0 Å². The lowest BCUT2D eigenvalue weighted by Crippen LogP contribution is -2.25. The van der Waals surface area contributed by atoms with E-state index in [0.29, 0.717) is 10.0 Å². The fourth-order valence-electron chi connectivity index (χ4n) is 2.16. The minimum Gasteiger partial charge on any atom is -0.309 e. The molecule has 1 aromatic heterocycles. The van der Waals surface area contributed by atoms with Crippen molar-refractivity contribution in [1.29, 1.82) is 0 Å². The van der Waals surface area contributed by atoms with Crippen LogP contribution >= 0.6 is 23.2 Å². The Morgan fingerprint density at radius 1 is 1.32 bits per heavy atom. The molecule has 3 nitrogen and oxygen atoms in total. The number of aryl methyl sites for hydroxylation is 1. The molecule has 0 amide bonds. The monoisotopic (exact) mass is 297 g/mol. The summed E-state index contributed by atoms with van der Waals surface area (Å²) in [6.07, 6.45) is 2.62. The second-order valence-electron chi connectivity index (χ2n) is 4.43. The van der Waals surface area contributed by atoms with Crippen LogP contribution in [0.3, 0.4) is 0 Å². The van der Waals surface area contributed by atoms with E-state index in [-0.39, 0.29) is 6.04 Å². The predicted octanol–water partition coefficient (Wildman–Crippen LogP) is 3.62. The SMILES string of the molecule is CCNC(Cc1ccc(Cl)cc1Cl)c1ccnn1C. The van der Waals surface area contributed by atoms with Crippen molar-refractivity contribution >= 4 is 23.2 Å². The molecule has 1 heterocycles. The highest BCUT2D eigenvalue weighted by molar-refractivity contribution is 6.35. The summed E-state index contributed by atoms with van der Waals surface area (Å²) in [5.74, 6) is 0. The number of halogens is 2. The van der Waals surface area contributed by atoms with Crippen LogP contribution in [0.2, 0.25) is 10.0 Å². The van der Waals surface area contributed by atoms with Gasteiger partial charge in [0.15, 0.2) is 0 Å². The van der Waals surface area contributed by atoms with E-state index in [2.05, 4.69) is 17.3 Å². The minimum absolute atomic E-state index is 0.191. The zero-order valence-electron chi connectivity index (χ0n) is 11.0. The zero-order chi connectivity index (χ0) is 13.8. The van der Waals surface area contributed by atoms with Crippen molar-refractivity contribution in [3.63, 3.8) is 0 Å². The molecular formula is C14H17Cl2N3. The van der Waals surface area contributed by atoms with Crippen molar-refractivity contribution in [1.82, 2.24) is 15.1 Å². The van der Waals surface area contributed by atoms with E-state index < -0.39 is 0 Å². The molecule has 1 N–H and O–H groups in total. The van der Waals surface area contributed by atoms with Gasteiger partial charge in [-0.1, -0.05) is 36.2 Å². The first-order chi connectivity index (χ1) is 9.11. The summed E-state index contributed by atoms with van der Waals surface area (Å²) in [6, 6.07) is 7.85. The van der Waals surface area contributed by atoms with E-state index in [9.17, 15) is 0 Å². The van der Waals surface area contributed by atoms with Crippen LogP contribution in [0.25, 0.3) is 0 Å². The average Bonchev–Trinajstić information content (AvgIpc) is 2.78. The van der Waals surface area contributed by atoms with Crippen LogP contribution in [0, 0.1) is 0 Å². The minimum atomic E-state index is 0.191. The van der Waals surface area contributed by atoms with Crippen LogP contribution in [-0.2, 0) is 13.5 Å². The number of rotatable bonds is 5. The smallest absolute Gasteiger partial charge is 0.0553 e. The molecule has 2 rings (SSSR count). The molecular weight excluding hydrogens is 281 g/mol. The first-order valence-corrected chi connectivity index (χ1v) is 7.02. The highest BCUT2D eigenvalue weighted by atomic mass is 35.5. The largest absolute Gasteiger partial charge is 0.309 e. The summed E-state index contributed by atoms with van der Waals surface area (Å²) >= 11 is 12.2. The third-order valence-corrected chi connectivity index (χ3v) is 3.69. The van der Waals surface area contributed by atoms with E-state index in [1.165, 1.54) is 0 Å². The normalized spacial score (nSPS) is 12.6. The molecule has 2 aromatic rings. The van der Waals surface area contributed by atoms with Gasteiger partial charge in [0.2, 0.25) is 0 Å². The van der Waals surface area contributed by atoms with Gasteiger partial charge in [0.1, 0.15) is 0 Å². The van der Waals surface area contributed by atoms with E-state index in [1.807, 2.05) is 36.1 Å². The van der Waals surface area contributed by atoms with Crippen molar-refractivity contribution in [2.24, 2.45) is 7.05 Å². The molecule has 0 aliphatic carbocycles.